The highest BCUT2D eigenvalue weighted by Gasteiger charge is 2.27. The molecule has 0 aromatic heterocycles. The van der Waals surface area contributed by atoms with E-state index in [2.05, 4.69) is 19.2 Å². The van der Waals surface area contributed by atoms with Crippen LogP contribution in [0.1, 0.15) is 168 Å². The van der Waals surface area contributed by atoms with Crippen molar-refractivity contribution in [3.8, 4) is 0 Å². The molecule has 0 aliphatic heterocycles. The Bertz CT molecular complexity index is 727. The van der Waals surface area contributed by atoms with Gasteiger partial charge >= 0.3 is 0 Å². The van der Waals surface area contributed by atoms with Crippen LogP contribution in [0.2, 0.25) is 0 Å². The number of nitrogens with one attached hydrogen (secondary N) is 1. The fourth-order valence-electron chi connectivity index (χ4n) is 5.16. The molecule has 0 saturated heterocycles. The summed E-state index contributed by atoms with van der Waals surface area (Å²) in [6, 6.07) is -1.22. The topological polar surface area (TPSA) is 124 Å². The molecular formula is C33H65NO6S. The summed E-state index contributed by atoms with van der Waals surface area (Å²) in [5.41, 5.74) is 0. The average molecular weight is 604 g/mol. The average Bonchev–Trinajstić information content (AvgIpc) is 2.92. The second-order valence-electron chi connectivity index (χ2n) is 11.9. The Morgan fingerprint density at radius 2 is 1.05 bits per heavy atom. The molecule has 0 spiro atoms. The SMILES string of the molecule is CCCCCCCCCCCCCCC/C=C/C(O)C(CS(=O)(=O)O)NC(=O)C(O)CCCCCCCCCCC. The number of hydrogen-bond acceptors (Lipinski definition) is 5. The van der Waals surface area contributed by atoms with Crippen molar-refractivity contribution in [1.29, 1.82) is 0 Å². The molecule has 3 atom stereocenters. The van der Waals surface area contributed by atoms with Crippen molar-refractivity contribution in [1.82, 2.24) is 5.32 Å². The molecule has 0 fully saturated rings. The summed E-state index contributed by atoms with van der Waals surface area (Å²) in [5, 5.41) is 23.2. The molecule has 4 N–H and O–H groups in total. The Hall–Kier alpha value is -0.960. The Labute approximate surface area is 253 Å². The minimum absolute atomic E-state index is 0.283. The number of unbranched alkanes of at least 4 members (excludes halogenated alkanes) is 21. The van der Waals surface area contributed by atoms with E-state index in [4.69, 9.17) is 0 Å². The predicted molar refractivity (Wildman–Crippen MR) is 172 cm³/mol. The maximum atomic E-state index is 12.5. The van der Waals surface area contributed by atoms with Crippen LogP contribution < -0.4 is 5.32 Å². The second kappa shape index (κ2) is 27.8. The molecule has 3 unspecified atom stereocenters. The summed E-state index contributed by atoms with van der Waals surface area (Å²) < 4.78 is 32.3. The van der Waals surface area contributed by atoms with Gasteiger partial charge in [-0.05, 0) is 19.3 Å². The summed E-state index contributed by atoms with van der Waals surface area (Å²) in [6.45, 7) is 4.45. The first-order chi connectivity index (χ1) is 19.7. The normalized spacial score (nSPS) is 14.4. The number of hydrogen-bond donors (Lipinski definition) is 4. The van der Waals surface area contributed by atoms with Crippen LogP contribution in [0.15, 0.2) is 12.2 Å². The zero-order chi connectivity index (χ0) is 30.6. The lowest BCUT2D eigenvalue weighted by Gasteiger charge is -2.22. The molecule has 1 amide bonds. The first-order valence-electron chi connectivity index (χ1n) is 17.0. The van der Waals surface area contributed by atoms with E-state index >= 15 is 0 Å². The zero-order valence-electron chi connectivity index (χ0n) is 26.5. The quantitative estimate of drug-likeness (QED) is 0.0374. The Balaban J connectivity index is 4.16. The Kier molecular flexibility index (Phi) is 27.2. The number of amides is 1. The molecular weight excluding hydrogens is 538 g/mol. The Morgan fingerprint density at radius 3 is 1.46 bits per heavy atom. The molecule has 0 aromatic carbocycles. The van der Waals surface area contributed by atoms with Crippen LogP contribution >= 0.6 is 0 Å². The molecule has 0 rings (SSSR count). The van der Waals surface area contributed by atoms with Gasteiger partial charge in [-0.2, -0.15) is 8.42 Å². The third-order valence-corrected chi connectivity index (χ3v) is 8.60. The van der Waals surface area contributed by atoms with E-state index in [9.17, 15) is 28.0 Å². The number of aliphatic hydroxyl groups excluding tert-OH is 2. The largest absolute Gasteiger partial charge is 0.387 e. The van der Waals surface area contributed by atoms with E-state index in [0.717, 1.165) is 38.5 Å². The Morgan fingerprint density at radius 1 is 0.659 bits per heavy atom. The van der Waals surface area contributed by atoms with Crippen LogP contribution in [0.5, 0.6) is 0 Å². The smallest absolute Gasteiger partial charge is 0.267 e. The van der Waals surface area contributed by atoms with Crippen LogP contribution in [-0.4, -0.2) is 53.1 Å². The fraction of sp³-hybridized carbons (Fsp3) is 0.909. The van der Waals surface area contributed by atoms with E-state index in [1.165, 1.54) is 109 Å². The monoisotopic (exact) mass is 603 g/mol. The number of carbonyl (C=O) groups excluding carboxylic acids is 1. The molecule has 7 nitrogen and oxygen atoms in total. The predicted octanol–water partition coefficient (Wildman–Crippen LogP) is 8.04. The van der Waals surface area contributed by atoms with Gasteiger partial charge < -0.3 is 15.5 Å². The summed E-state index contributed by atoms with van der Waals surface area (Å²) >= 11 is 0. The van der Waals surface area contributed by atoms with E-state index in [1.54, 1.807) is 6.08 Å². The first kappa shape index (κ1) is 40.0. The maximum Gasteiger partial charge on any atom is 0.267 e. The molecule has 0 radical (unpaired) electrons. The van der Waals surface area contributed by atoms with E-state index in [0.29, 0.717) is 6.42 Å². The van der Waals surface area contributed by atoms with Crippen molar-refractivity contribution in [2.24, 2.45) is 0 Å². The lowest BCUT2D eigenvalue weighted by molar-refractivity contribution is -0.130. The minimum Gasteiger partial charge on any atom is -0.387 e. The fourth-order valence-corrected chi connectivity index (χ4v) is 5.89. The number of rotatable bonds is 30. The van der Waals surface area contributed by atoms with E-state index in [1.807, 2.05) is 0 Å². The third kappa shape index (κ3) is 27.6. The van der Waals surface area contributed by atoms with Gasteiger partial charge in [0.25, 0.3) is 10.1 Å². The molecule has 41 heavy (non-hydrogen) atoms. The molecule has 0 aromatic rings. The van der Waals surface area contributed by atoms with Crippen molar-refractivity contribution < 1.29 is 28.0 Å². The second-order valence-corrected chi connectivity index (χ2v) is 13.4. The third-order valence-electron chi connectivity index (χ3n) is 7.82. The van der Waals surface area contributed by atoms with Crippen LogP contribution in [0, 0.1) is 0 Å². The number of carbonyl (C=O) groups is 1. The van der Waals surface area contributed by atoms with Gasteiger partial charge in [-0.3, -0.25) is 9.35 Å². The highest BCUT2D eigenvalue weighted by atomic mass is 32.2. The summed E-state index contributed by atoms with van der Waals surface area (Å²) in [6.07, 6.45) is 28.4. The van der Waals surface area contributed by atoms with Crippen molar-refractivity contribution in [3.05, 3.63) is 12.2 Å². The van der Waals surface area contributed by atoms with Gasteiger partial charge in [-0.1, -0.05) is 161 Å². The molecule has 0 bridgehead atoms. The van der Waals surface area contributed by atoms with Crippen molar-refractivity contribution >= 4 is 16.0 Å². The summed E-state index contributed by atoms with van der Waals surface area (Å²) in [4.78, 5) is 12.5. The van der Waals surface area contributed by atoms with Gasteiger partial charge in [0.05, 0.1) is 17.9 Å². The van der Waals surface area contributed by atoms with Crippen LogP contribution in [0.4, 0.5) is 0 Å². The van der Waals surface area contributed by atoms with Gasteiger partial charge in [0.2, 0.25) is 5.91 Å². The zero-order valence-corrected chi connectivity index (χ0v) is 27.4. The molecule has 0 aliphatic rings. The van der Waals surface area contributed by atoms with Crippen molar-refractivity contribution in [3.63, 3.8) is 0 Å². The van der Waals surface area contributed by atoms with E-state index < -0.39 is 40.0 Å². The highest BCUT2D eigenvalue weighted by Crippen LogP contribution is 2.14. The standard InChI is InChI=1S/C33H65NO6S/c1-3-5-7-9-11-13-14-15-16-17-18-20-21-23-25-27-31(35)30(29-41(38,39)40)34-33(37)32(36)28-26-24-22-19-12-10-8-6-4-2/h25,27,30-32,35-36H,3-24,26,28-29H2,1-2H3,(H,34,37)(H,38,39,40)/b27-25+. The molecule has 0 saturated carbocycles. The number of aliphatic hydroxyl groups is 2. The van der Waals surface area contributed by atoms with Crippen LogP contribution in [0.3, 0.4) is 0 Å². The maximum absolute atomic E-state index is 12.5. The van der Waals surface area contributed by atoms with E-state index in [-0.39, 0.29) is 6.42 Å². The van der Waals surface area contributed by atoms with Gasteiger partial charge in [0, 0.05) is 0 Å². The van der Waals surface area contributed by atoms with Gasteiger partial charge in [-0.25, -0.2) is 0 Å². The summed E-state index contributed by atoms with van der Waals surface area (Å²) in [5.74, 6) is -1.53. The van der Waals surface area contributed by atoms with Gasteiger partial charge in [0.1, 0.15) is 6.10 Å². The minimum atomic E-state index is -4.43. The molecule has 8 heteroatoms. The van der Waals surface area contributed by atoms with Crippen LogP contribution in [-0.2, 0) is 14.9 Å². The van der Waals surface area contributed by atoms with Crippen molar-refractivity contribution in [2.45, 2.75) is 186 Å². The van der Waals surface area contributed by atoms with Crippen LogP contribution in [0.25, 0.3) is 0 Å². The van der Waals surface area contributed by atoms with Gasteiger partial charge in [-0.15, -0.1) is 0 Å². The van der Waals surface area contributed by atoms with Gasteiger partial charge in [0.15, 0.2) is 0 Å². The molecule has 244 valence electrons. The highest BCUT2D eigenvalue weighted by molar-refractivity contribution is 7.85. The molecule has 0 heterocycles. The lowest BCUT2D eigenvalue weighted by atomic mass is 10.0. The lowest BCUT2D eigenvalue weighted by Crippen LogP contribution is -2.50. The summed E-state index contributed by atoms with van der Waals surface area (Å²) in [7, 11) is -4.43. The first-order valence-corrected chi connectivity index (χ1v) is 18.6. The molecule has 0 aliphatic carbocycles. The van der Waals surface area contributed by atoms with Crippen molar-refractivity contribution in [2.75, 3.05) is 5.75 Å². The number of allylic oxidation sites excluding steroid dienone is 1.